The van der Waals surface area contributed by atoms with Crippen LogP contribution in [0.3, 0.4) is 0 Å². The predicted octanol–water partition coefficient (Wildman–Crippen LogP) is 23.2. The van der Waals surface area contributed by atoms with Gasteiger partial charge in [-0.1, -0.05) is 274 Å². The second kappa shape index (κ2) is 69.0. The number of unbranched alkanes of at least 4 members (excludes halogenated alkanes) is 17. The number of hydrogen-bond acceptors (Lipinski definition) is 6. The van der Waals surface area contributed by atoms with Gasteiger partial charge in [-0.05, 0) is 154 Å². The zero-order valence-electron chi connectivity index (χ0n) is 53.1. The van der Waals surface area contributed by atoms with Gasteiger partial charge in [0.25, 0.3) is 0 Å². The van der Waals surface area contributed by atoms with Gasteiger partial charge in [-0.15, -0.1) is 0 Å². The molecule has 0 saturated heterocycles. The van der Waals surface area contributed by atoms with Crippen LogP contribution in [-0.4, -0.2) is 37.2 Å². The standard InChI is InChI=1S/C77H120O6/c1-4-7-10-13-16-19-22-25-28-31-34-35-36-37-38-39-40-41-44-46-49-52-55-58-61-64-67-70-76(79)82-73-74(83-77(80)71-68-65-62-59-56-53-50-47-43-33-30-27-24-21-18-15-12-9-6-3)72-81-75(78)69-66-63-60-57-54-51-48-45-42-32-29-26-23-20-17-14-11-8-5-2/h7-12,16-21,25-30,34-35,37-38,40-43,45-47,49,74H,4-6,13-15,22-24,31-33,36,39,44,48,50-73H2,1-3H3/b10-7-,11-8-,12-9-,19-16-,20-17-,21-18-,28-25-,29-26-,30-27-,35-34-,38-37-,41-40-,45-42-,47-43-,49-46-. The van der Waals surface area contributed by atoms with E-state index in [0.29, 0.717) is 19.3 Å². The van der Waals surface area contributed by atoms with Gasteiger partial charge in [-0.25, -0.2) is 0 Å². The maximum atomic E-state index is 12.9. The van der Waals surface area contributed by atoms with Crippen molar-refractivity contribution in [2.24, 2.45) is 0 Å². The third kappa shape index (κ3) is 67.2. The van der Waals surface area contributed by atoms with Crippen LogP contribution in [0, 0.1) is 0 Å². The van der Waals surface area contributed by atoms with Gasteiger partial charge in [-0.3, -0.25) is 14.4 Å². The highest BCUT2D eigenvalue weighted by Gasteiger charge is 2.19. The molecule has 0 bridgehead atoms. The molecular formula is C77H120O6. The van der Waals surface area contributed by atoms with Crippen molar-refractivity contribution in [2.45, 2.75) is 271 Å². The molecule has 6 heteroatoms. The van der Waals surface area contributed by atoms with Crippen LogP contribution in [0.1, 0.15) is 265 Å². The molecule has 0 aliphatic carbocycles. The number of allylic oxidation sites excluding steroid dienone is 30. The molecule has 0 aliphatic rings. The second-order valence-corrected chi connectivity index (χ2v) is 21.2. The van der Waals surface area contributed by atoms with Crippen LogP contribution >= 0.6 is 0 Å². The van der Waals surface area contributed by atoms with Gasteiger partial charge in [0.05, 0.1) is 0 Å². The van der Waals surface area contributed by atoms with Crippen molar-refractivity contribution in [3.63, 3.8) is 0 Å². The highest BCUT2D eigenvalue weighted by atomic mass is 16.6. The van der Waals surface area contributed by atoms with Crippen LogP contribution in [0.4, 0.5) is 0 Å². The Balaban J connectivity index is 4.51. The first kappa shape index (κ1) is 77.5. The first-order chi connectivity index (χ1) is 41.0. The number of carbonyl (C=O) groups excluding carboxylic acids is 3. The third-order valence-corrected chi connectivity index (χ3v) is 13.4. The highest BCUT2D eigenvalue weighted by molar-refractivity contribution is 5.71. The molecule has 0 aromatic rings. The molecule has 0 saturated carbocycles. The number of rotatable bonds is 58. The van der Waals surface area contributed by atoms with Gasteiger partial charge < -0.3 is 14.2 Å². The van der Waals surface area contributed by atoms with Crippen molar-refractivity contribution in [3.05, 3.63) is 182 Å². The summed E-state index contributed by atoms with van der Waals surface area (Å²) >= 11 is 0. The molecule has 0 heterocycles. The molecule has 0 amide bonds. The zero-order valence-corrected chi connectivity index (χ0v) is 53.1. The number of carbonyl (C=O) groups is 3. The van der Waals surface area contributed by atoms with E-state index in [1.54, 1.807) is 0 Å². The molecule has 0 rings (SSSR count). The van der Waals surface area contributed by atoms with Gasteiger partial charge in [0.2, 0.25) is 0 Å². The molecule has 0 aromatic heterocycles. The summed E-state index contributed by atoms with van der Waals surface area (Å²) in [7, 11) is 0. The highest BCUT2D eigenvalue weighted by Crippen LogP contribution is 2.14. The fourth-order valence-electron chi connectivity index (χ4n) is 8.52. The lowest BCUT2D eigenvalue weighted by Crippen LogP contribution is -2.30. The van der Waals surface area contributed by atoms with E-state index >= 15 is 0 Å². The molecule has 6 nitrogen and oxygen atoms in total. The van der Waals surface area contributed by atoms with E-state index in [-0.39, 0.29) is 31.1 Å². The fourth-order valence-corrected chi connectivity index (χ4v) is 8.52. The van der Waals surface area contributed by atoms with Crippen LogP contribution in [0.15, 0.2) is 182 Å². The predicted molar refractivity (Wildman–Crippen MR) is 361 cm³/mol. The Morgan fingerprint density at radius 3 is 0.675 bits per heavy atom. The minimum Gasteiger partial charge on any atom is -0.462 e. The summed E-state index contributed by atoms with van der Waals surface area (Å²) in [5.74, 6) is -0.957. The van der Waals surface area contributed by atoms with Crippen molar-refractivity contribution in [1.29, 1.82) is 0 Å². The Morgan fingerprint density at radius 2 is 0.434 bits per heavy atom. The summed E-state index contributed by atoms with van der Waals surface area (Å²) in [5.41, 5.74) is 0. The summed E-state index contributed by atoms with van der Waals surface area (Å²) in [6.07, 6.45) is 103. The lowest BCUT2D eigenvalue weighted by Gasteiger charge is -2.18. The minimum atomic E-state index is -0.814. The normalized spacial score (nSPS) is 13.3. The second-order valence-electron chi connectivity index (χ2n) is 21.2. The maximum absolute atomic E-state index is 12.9. The van der Waals surface area contributed by atoms with Crippen LogP contribution in [0.2, 0.25) is 0 Å². The molecule has 0 fully saturated rings. The van der Waals surface area contributed by atoms with E-state index in [1.807, 2.05) is 0 Å². The summed E-state index contributed by atoms with van der Waals surface area (Å²) in [6.45, 7) is 6.26. The van der Waals surface area contributed by atoms with E-state index in [0.717, 1.165) is 199 Å². The van der Waals surface area contributed by atoms with Crippen molar-refractivity contribution < 1.29 is 28.6 Å². The van der Waals surface area contributed by atoms with E-state index in [2.05, 4.69) is 203 Å². The van der Waals surface area contributed by atoms with Crippen LogP contribution < -0.4 is 0 Å². The molecule has 464 valence electrons. The van der Waals surface area contributed by atoms with E-state index < -0.39 is 6.10 Å². The molecule has 0 N–H and O–H groups in total. The maximum Gasteiger partial charge on any atom is 0.306 e. The van der Waals surface area contributed by atoms with E-state index in [9.17, 15) is 14.4 Å². The number of ether oxygens (including phenoxy) is 3. The summed E-state index contributed by atoms with van der Waals surface area (Å²) in [4.78, 5) is 38.4. The molecule has 1 atom stereocenters. The Bertz CT molecular complexity index is 1940. The van der Waals surface area contributed by atoms with Crippen LogP contribution in [0.25, 0.3) is 0 Å². The minimum absolute atomic E-state index is 0.107. The van der Waals surface area contributed by atoms with Gasteiger partial charge >= 0.3 is 17.9 Å². The molecule has 0 radical (unpaired) electrons. The van der Waals surface area contributed by atoms with Gasteiger partial charge in [0, 0.05) is 19.3 Å². The van der Waals surface area contributed by atoms with Crippen molar-refractivity contribution in [1.82, 2.24) is 0 Å². The van der Waals surface area contributed by atoms with E-state index in [1.165, 1.54) is 25.7 Å². The third-order valence-electron chi connectivity index (χ3n) is 13.4. The molecule has 0 aromatic carbocycles. The molecule has 1 unspecified atom stereocenters. The first-order valence-electron chi connectivity index (χ1n) is 33.3. The van der Waals surface area contributed by atoms with Crippen LogP contribution in [0.5, 0.6) is 0 Å². The summed E-state index contributed by atoms with van der Waals surface area (Å²) in [6, 6.07) is 0. The monoisotopic (exact) mass is 1140 g/mol. The molecule has 0 spiro atoms. The quantitative estimate of drug-likeness (QED) is 0.0261. The average molecular weight is 1140 g/mol. The van der Waals surface area contributed by atoms with Crippen molar-refractivity contribution in [3.8, 4) is 0 Å². The van der Waals surface area contributed by atoms with Gasteiger partial charge in [0.1, 0.15) is 13.2 Å². The van der Waals surface area contributed by atoms with Crippen molar-refractivity contribution >= 4 is 17.9 Å². The number of esters is 3. The smallest absolute Gasteiger partial charge is 0.306 e. The van der Waals surface area contributed by atoms with Gasteiger partial charge in [-0.2, -0.15) is 0 Å². The Morgan fingerprint density at radius 1 is 0.241 bits per heavy atom. The van der Waals surface area contributed by atoms with E-state index in [4.69, 9.17) is 14.2 Å². The SMILES string of the molecule is CC/C=C\C/C=C\C/C=C\C/C=C\C/C=C\C/C=C\C/C=C\CCCCCCCC(=O)OCC(COC(=O)CCCCCCCC/C=C\C/C=C\C/C=C\C/C=C\CC)OC(=O)CCCCCCCC/C=C\C/C=C\C/C=C\C/C=C\CC. The lowest BCUT2D eigenvalue weighted by molar-refractivity contribution is -0.167. The first-order valence-corrected chi connectivity index (χ1v) is 33.3. The Kier molecular flexibility index (Phi) is 64.4. The molecule has 0 aliphatic heterocycles. The topological polar surface area (TPSA) is 78.9 Å². The lowest BCUT2D eigenvalue weighted by atomic mass is 10.1. The number of hydrogen-bond donors (Lipinski definition) is 0. The molecular weight excluding hydrogens is 1020 g/mol. The fraction of sp³-hybridized carbons (Fsp3) is 0.571. The zero-order chi connectivity index (χ0) is 59.9. The largest absolute Gasteiger partial charge is 0.462 e. The van der Waals surface area contributed by atoms with Gasteiger partial charge in [0.15, 0.2) is 6.10 Å². The Hall–Kier alpha value is -5.49. The summed E-state index contributed by atoms with van der Waals surface area (Å²) in [5, 5.41) is 0. The Labute approximate surface area is 510 Å². The van der Waals surface area contributed by atoms with Crippen LogP contribution in [-0.2, 0) is 28.6 Å². The van der Waals surface area contributed by atoms with Crippen molar-refractivity contribution in [2.75, 3.05) is 13.2 Å². The average Bonchev–Trinajstić information content (AvgIpc) is 3.50. The summed E-state index contributed by atoms with van der Waals surface area (Å²) < 4.78 is 16.9. The molecule has 83 heavy (non-hydrogen) atoms.